The molecule has 0 saturated heterocycles. The first-order chi connectivity index (χ1) is 15.3. The number of hydrogen-bond donors (Lipinski definition) is 1. The average Bonchev–Trinajstić information content (AvgIpc) is 2.74. The van der Waals surface area contributed by atoms with Crippen molar-refractivity contribution in [3.63, 3.8) is 0 Å². The Kier molecular flexibility index (Phi) is 5.77. The van der Waals surface area contributed by atoms with Gasteiger partial charge in [0.1, 0.15) is 11.8 Å². The van der Waals surface area contributed by atoms with E-state index in [-0.39, 0.29) is 41.1 Å². The van der Waals surface area contributed by atoms with Crippen LogP contribution in [0.15, 0.2) is 23.1 Å². The van der Waals surface area contributed by atoms with Gasteiger partial charge in [0, 0.05) is 35.7 Å². The third kappa shape index (κ3) is 4.00. The SMILES string of the molecule is COc1ncc(-c2cc3c(C)nc(N)nc3n(C3CCC(OC(C)=O)CC3)c2=O)cc1F. The van der Waals surface area contributed by atoms with Gasteiger partial charge in [0.2, 0.25) is 11.8 Å². The molecule has 3 aromatic rings. The number of aromatic nitrogens is 4. The summed E-state index contributed by atoms with van der Waals surface area (Å²) in [5.74, 6) is -1.06. The maximum atomic E-state index is 14.3. The van der Waals surface area contributed by atoms with Crippen LogP contribution in [0.3, 0.4) is 0 Å². The van der Waals surface area contributed by atoms with Crippen molar-refractivity contribution in [2.75, 3.05) is 12.8 Å². The van der Waals surface area contributed by atoms with Crippen molar-refractivity contribution in [3.05, 3.63) is 40.2 Å². The summed E-state index contributed by atoms with van der Waals surface area (Å²) in [6.45, 7) is 3.17. The molecule has 0 atom stereocenters. The van der Waals surface area contributed by atoms with Crippen LogP contribution in [0.5, 0.6) is 5.88 Å². The number of halogens is 1. The molecule has 1 saturated carbocycles. The van der Waals surface area contributed by atoms with Crippen molar-refractivity contribution in [1.82, 2.24) is 19.5 Å². The molecule has 0 radical (unpaired) electrons. The Labute approximate surface area is 183 Å². The van der Waals surface area contributed by atoms with Crippen LogP contribution in [-0.4, -0.2) is 38.7 Å². The molecule has 0 unspecified atom stereocenters. The highest BCUT2D eigenvalue weighted by molar-refractivity contribution is 5.84. The third-order valence-corrected chi connectivity index (χ3v) is 5.75. The van der Waals surface area contributed by atoms with E-state index in [1.807, 2.05) is 0 Å². The molecular formula is C22H24FN5O4. The zero-order chi connectivity index (χ0) is 23.0. The zero-order valence-corrected chi connectivity index (χ0v) is 18.1. The lowest BCUT2D eigenvalue weighted by Crippen LogP contribution is -2.32. The number of fused-ring (bicyclic) bond motifs is 1. The van der Waals surface area contributed by atoms with Gasteiger partial charge in [-0.1, -0.05) is 0 Å². The zero-order valence-electron chi connectivity index (χ0n) is 18.1. The standard InChI is InChI=1S/C22H24FN5O4/c1-11-16-9-17(13-8-18(23)20(31-3)25-10-13)21(30)28(19(16)27-22(24)26-11)14-4-6-15(7-5-14)32-12(2)29/h8-10,14-15H,4-7H2,1-3H3,(H2,24,26,27). The quantitative estimate of drug-likeness (QED) is 0.613. The van der Waals surface area contributed by atoms with Gasteiger partial charge in [-0.2, -0.15) is 4.98 Å². The van der Waals surface area contributed by atoms with E-state index in [1.54, 1.807) is 17.6 Å². The van der Waals surface area contributed by atoms with Gasteiger partial charge in [-0.05, 0) is 44.7 Å². The molecular weight excluding hydrogens is 417 g/mol. The fourth-order valence-electron chi connectivity index (χ4n) is 4.30. The van der Waals surface area contributed by atoms with Gasteiger partial charge in [0.25, 0.3) is 5.56 Å². The van der Waals surface area contributed by atoms with Crippen LogP contribution in [0.2, 0.25) is 0 Å². The van der Waals surface area contributed by atoms with E-state index in [1.165, 1.54) is 26.3 Å². The van der Waals surface area contributed by atoms with Crippen LogP contribution in [0.1, 0.15) is 44.3 Å². The second kappa shape index (κ2) is 8.52. The van der Waals surface area contributed by atoms with Crippen molar-refractivity contribution < 1.29 is 18.7 Å². The molecule has 4 rings (SSSR count). The van der Waals surface area contributed by atoms with Gasteiger partial charge in [-0.15, -0.1) is 0 Å². The highest BCUT2D eigenvalue weighted by atomic mass is 19.1. The molecule has 3 heterocycles. The van der Waals surface area contributed by atoms with Gasteiger partial charge >= 0.3 is 5.97 Å². The molecule has 10 heteroatoms. The fraction of sp³-hybridized carbons (Fsp3) is 0.409. The number of methoxy groups -OCH3 is 1. The maximum Gasteiger partial charge on any atom is 0.302 e. The molecule has 0 spiro atoms. The first-order valence-electron chi connectivity index (χ1n) is 10.3. The summed E-state index contributed by atoms with van der Waals surface area (Å²) in [6.07, 6.45) is 3.72. The van der Waals surface area contributed by atoms with E-state index < -0.39 is 5.82 Å². The number of carbonyl (C=O) groups excluding carboxylic acids is 1. The molecule has 0 aromatic carbocycles. The Hall–Kier alpha value is -3.56. The number of carbonyl (C=O) groups is 1. The number of ether oxygens (including phenoxy) is 2. The van der Waals surface area contributed by atoms with Crippen LogP contribution in [-0.2, 0) is 9.53 Å². The number of nitrogens with two attached hydrogens (primary N) is 1. The monoisotopic (exact) mass is 441 g/mol. The topological polar surface area (TPSA) is 122 Å². The van der Waals surface area contributed by atoms with Crippen LogP contribution < -0.4 is 16.0 Å². The van der Waals surface area contributed by atoms with E-state index in [4.69, 9.17) is 15.2 Å². The Morgan fingerprint density at radius 1 is 1.22 bits per heavy atom. The number of esters is 1. The first-order valence-corrected chi connectivity index (χ1v) is 10.3. The largest absolute Gasteiger partial charge is 0.479 e. The van der Waals surface area contributed by atoms with Crippen LogP contribution in [0, 0.1) is 12.7 Å². The molecule has 1 aliphatic rings. The van der Waals surface area contributed by atoms with Gasteiger partial charge in [-0.25, -0.2) is 14.4 Å². The third-order valence-electron chi connectivity index (χ3n) is 5.75. The smallest absolute Gasteiger partial charge is 0.302 e. The summed E-state index contributed by atoms with van der Waals surface area (Å²) >= 11 is 0. The number of pyridine rings is 2. The Morgan fingerprint density at radius 3 is 2.56 bits per heavy atom. The van der Waals surface area contributed by atoms with E-state index in [0.29, 0.717) is 48.0 Å². The second-order valence-corrected chi connectivity index (χ2v) is 7.89. The van der Waals surface area contributed by atoms with Gasteiger partial charge < -0.3 is 15.2 Å². The Bertz CT molecular complexity index is 1250. The highest BCUT2D eigenvalue weighted by Gasteiger charge is 2.28. The number of hydrogen-bond acceptors (Lipinski definition) is 8. The molecule has 1 fully saturated rings. The van der Waals surface area contributed by atoms with Crippen molar-refractivity contribution >= 4 is 23.0 Å². The van der Waals surface area contributed by atoms with Crippen LogP contribution in [0.4, 0.5) is 10.3 Å². The number of nitrogen functional groups attached to an aromatic ring is 1. The van der Waals surface area contributed by atoms with Gasteiger partial charge in [0.05, 0.1) is 12.8 Å². The number of rotatable bonds is 4. The van der Waals surface area contributed by atoms with Gasteiger partial charge in [0.15, 0.2) is 5.82 Å². The summed E-state index contributed by atoms with van der Waals surface area (Å²) in [5, 5.41) is 0.645. The molecule has 168 valence electrons. The highest BCUT2D eigenvalue weighted by Crippen LogP contribution is 2.33. The van der Waals surface area contributed by atoms with E-state index in [2.05, 4.69) is 15.0 Å². The maximum absolute atomic E-state index is 14.3. The number of aryl methyl sites for hydroxylation is 1. The van der Waals surface area contributed by atoms with Crippen molar-refractivity contribution in [2.24, 2.45) is 0 Å². The molecule has 9 nitrogen and oxygen atoms in total. The Balaban J connectivity index is 1.86. The van der Waals surface area contributed by atoms with Crippen LogP contribution in [0.25, 0.3) is 22.2 Å². The predicted octanol–water partition coefficient (Wildman–Crippen LogP) is 2.94. The number of anilines is 1. The predicted molar refractivity (Wildman–Crippen MR) is 116 cm³/mol. The van der Waals surface area contributed by atoms with Crippen molar-refractivity contribution in [3.8, 4) is 17.0 Å². The average molecular weight is 441 g/mol. The molecule has 3 aromatic heterocycles. The van der Waals surface area contributed by atoms with Gasteiger partial charge in [-0.3, -0.25) is 14.2 Å². The van der Waals surface area contributed by atoms with E-state index in [0.717, 1.165) is 0 Å². The van der Waals surface area contributed by atoms with E-state index >= 15 is 0 Å². The molecule has 0 bridgehead atoms. The van der Waals surface area contributed by atoms with E-state index in [9.17, 15) is 14.0 Å². The van der Waals surface area contributed by atoms with Crippen LogP contribution >= 0.6 is 0 Å². The first kappa shape index (κ1) is 21.7. The molecule has 0 amide bonds. The lowest BCUT2D eigenvalue weighted by atomic mass is 9.92. The molecule has 32 heavy (non-hydrogen) atoms. The lowest BCUT2D eigenvalue weighted by Gasteiger charge is -2.30. The number of nitrogens with zero attached hydrogens (tertiary/aromatic N) is 4. The van der Waals surface area contributed by atoms with Crippen molar-refractivity contribution in [1.29, 1.82) is 0 Å². The summed E-state index contributed by atoms with van der Waals surface area (Å²) < 4.78 is 26.2. The Morgan fingerprint density at radius 2 is 1.94 bits per heavy atom. The molecule has 2 N–H and O–H groups in total. The minimum atomic E-state index is -0.664. The van der Waals surface area contributed by atoms with Crippen molar-refractivity contribution in [2.45, 2.75) is 51.7 Å². The normalized spacial score (nSPS) is 18.5. The molecule has 1 aliphatic carbocycles. The molecule has 0 aliphatic heterocycles. The summed E-state index contributed by atoms with van der Waals surface area (Å²) in [5.41, 5.74) is 7.21. The second-order valence-electron chi connectivity index (χ2n) is 7.89. The fourth-order valence-corrected chi connectivity index (χ4v) is 4.30. The lowest BCUT2D eigenvalue weighted by molar-refractivity contribution is -0.148. The minimum Gasteiger partial charge on any atom is -0.479 e. The summed E-state index contributed by atoms with van der Waals surface area (Å²) in [7, 11) is 1.32. The summed E-state index contributed by atoms with van der Waals surface area (Å²) in [4.78, 5) is 37.5. The minimum absolute atomic E-state index is 0.0710. The summed E-state index contributed by atoms with van der Waals surface area (Å²) in [6, 6.07) is 2.70.